The Bertz CT molecular complexity index is 1660. The number of benzene rings is 2. The number of carbonyl (C=O) groups excluding carboxylic acids is 1. The van der Waals surface area contributed by atoms with Crippen LogP contribution in [0.1, 0.15) is 52.4 Å². The zero-order valence-corrected chi connectivity index (χ0v) is 24.5. The van der Waals surface area contributed by atoms with Crippen molar-refractivity contribution in [1.29, 1.82) is 0 Å². The maximum atomic E-state index is 13.8. The Morgan fingerprint density at radius 3 is 2.23 bits per heavy atom. The van der Waals surface area contributed by atoms with Gasteiger partial charge in [0.25, 0.3) is 5.91 Å². The summed E-state index contributed by atoms with van der Waals surface area (Å²) in [6.07, 6.45) is 0. The average molecular weight is 550 g/mol. The maximum Gasteiger partial charge on any atom is 0.276 e. The van der Waals surface area contributed by atoms with Crippen LogP contribution >= 0.6 is 0 Å². The number of sulfonamides is 1. The van der Waals surface area contributed by atoms with E-state index >= 15 is 0 Å². The molecular weight excluding hydrogens is 514 g/mol. The third-order valence-electron chi connectivity index (χ3n) is 6.80. The van der Waals surface area contributed by atoms with Crippen molar-refractivity contribution >= 4 is 27.3 Å². The van der Waals surface area contributed by atoms with E-state index in [2.05, 4.69) is 10.4 Å². The molecule has 10 heteroatoms. The van der Waals surface area contributed by atoms with Gasteiger partial charge in [0.2, 0.25) is 10.0 Å². The maximum absolute atomic E-state index is 13.8. The van der Waals surface area contributed by atoms with E-state index in [0.717, 1.165) is 28.1 Å². The number of ether oxygens (including phenoxy) is 1. The predicted octanol–water partition coefficient (Wildman–Crippen LogP) is 5.23. The van der Waals surface area contributed by atoms with Crippen molar-refractivity contribution in [2.24, 2.45) is 0 Å². The lowest BCUT2D eigenvalue weighted by Crippen LogP contribution is -2.30. The van der Waals surface area contributed by atoms with Crippen molar-refractivity contribution in [2.75, 3.05) is 25.5 Å². The van der Waals surface area contributed by atoms with E-state index < -0.39 is 15.9 Å². The second-order valence-corrected chi connectivity index (χ2v) is 11.6. The number of amides is 1. The number of nitrogens with zero attached hydrogens (tertiary/aromatic N) is 4. The molecule has 9 nitrogen and oxygen atoms in total. The third kappa shape index (κ3) is 5.14. The molecule has 2 heterocycles. The highest BCUT2D eigenvalue weighted by Crippen LogP contribution is 2.36. The van der Waals surface area contributed by atoms with Crippen LogP contribution in [0.5, 0.6) is 5.75 Å². The van der Waals surface area contributed by atoms with Crippen molar-refractivity contribution in [3.05, 3.63) is 70.2 Å². The first-order valence-electron chi connectivity index (χ1n) is 12.9. The molecule has 4 rings (SSSR count). The van der Waals surface area contributed by atoms with Crippen molar-refractivity contribution in [2.45, 2.75) is 53.4 Å². The van der Waals surface area contributed by atoms with Gasteiger partial charge in [0.05, 0.1) is 12.7 Å². The van der Waals surface area contributed by atoms with Crippen LogP contribution in [0.15, 0.2) is 41.3 Å². The quantitative estimate of drug-likeness (QED) is 0.323. The second-order valence-electron chi connectivity index (χ2n) is 9.68. The molecule has 2 aromatic heterocycles. The Kier molecular flexibility index (Phi) is 7.81. The SMILES string of the molecule is CCN(CC)S(=O)(=O)c1cc(-c2c(C(=O)Nc3c(C)cc(C)cc3C)nn3c(C)cc(C)nc23)ccc1OC. The van der Waals surface area contributed by atoms with Gasteiger partial charge in [-0.05, 0) is 69.5 Å². The first-order valence-corrected chi connectivity index (χ1v) is 14.3. The van der Waals surface area contributed by atoms with Crippen LogP contribution in [0, 0.1) is 34.6 Å². The minimum atomic E-state index is -3.86. The van der Waals surface area contributed by atoms with E-state index in [-0.39, 0.29) is 16.3 Å². The normalized spacial score (nSPS) is 11.8. The van der Waals surface area contributed by atoms with Crippen LogP contribution in [-0.2, 0) is 10.0 Å². The number of fused-ring (bicyclic) bond motifs is 1. The number of aryl methyl sites for hydroxylation is 5. The highest BCUT2D eigenvalue weighted by Gasteiger charge is 2.29. The summed E-state index contributed by atoms with van der Waals surface area (Å²) in [7, 11) is -2.43. The summed E-state index contributed by atoms with van der Waals surface area (Å²) in [5.41, 5.74) is 6.80. The molecule has 0 saturated heterocycles. The first-order chi connectivity index (χ1) is 18.4. The summed E-state index contributed by atoms with van der Waals surface area (Å²) >= 11 is 0. The van der Waals surface area contributed by atoms with Gasteiger partial charge in [-0.1, -0.05) is 37.6 Å². The van der Waals surface area contributed by atoms with Gasteiger partial charge in [-0.15, -0.1) is 0 Å². The molecule has 0 saturated carbocycles. The topological polar surface area (TPSA) is 106 Å². The molecular formula is C29H35N5O4S. The second kappa shape index (κ2) is 10.8. The molecule has 0 aliphatic carbocycles. The molecule has 1 amide bonds. The molecule has 0 aliphatic rings. The Morgan fingerprint density at radius 2 is 1.64 bits per heavy atom. The minimum absolute atomic E-state index is 0.0199. The number of anilines is 1. The molecule has 0 unspecified atom stereocenters. The number of hydrogen-bond donors (Lipinski definition) is 1. The third-order valence-corrected chi connectivity index (χ3v) is 8.87. The summed E-state index contributed by atoms with van der Waals surface area (Å²) in [6, 6.07) is 10.8. The number of aromatic nitrogens is 3. The molecule has 0 radical (unpaired) electrons. The number of nitrogens with one attached hydrogen (secondary N) is 1. The highest BCUT2D eigenvalue weighted by molar-refractivity contribution is 7.89. The van der Waals surface area contributed by atoms with Gasteiger partial charge in [0.15, 0.2) is 11.3 Å². The molecule has 0 fully saturated rings. The molecule has 0 spiro atoms. The highest BCUT2D eigenvalue weighted by atomic mass is 32.2. The summed E-state index contributed by atoms with van der Waals surface area (Å²) in [4.78, 5) is 18.5. The zero-order chi connectivity index (χ0) is 28.6. The number of rotatable bonds is 8. The van der Waals surface area contributed by atoms with Gasteiger partial charge < -0.3 is 10.1 Å². The van der Waals surface area contributed by atoms with Gasteiger partial charge in [-0.2, -0.15) is 9.40 Å². The van der Waals surface area contributed by atoms with Crippen molar-refractivity contribution in [3.63, 3.8) is 0 Å². The molecule has 206 valence electrons. The van der Waals surface area contributed by atoms with Crippen molar-refractivity contribution in [1.82, 2.24) is 18.9 Å². The standard InChI is InChI=1S/C29H35N5O4S/c1-9-33(10-2)39(36,37)24-16-22(11-12-23(24)38-8)25-27(32-34-21(7)15-20(6)30-28(25)34)29(35)31-26-18(4)13-17(3)14-19(26)5/h11-16H,9-10H2,1-8H3,(H,31,35). The van der Waals surface area contributed by atoms with Gasteiger partial charge in [0, 0.05) is 30.2 Å². The number of carbonyl (C=O) groups is 1. The Hall–Kier alpha value is -3.76. The van der Waals surface area contributed by atoms with Crippen LogP contribution in [0.25, 0.3) is 16.8 Å². The van der Waals surface area contributed by atoms with Crippen molar-refractivity contribution in [3.8, 4) is 16.9 Å². The van der Waals surface area contributed by atoms with Gasteiger partial charge >= 0.3 is 0 Å². The lowest BCUT2D eigenvalue weighted by molar-refractivity contribution is 0.102. The average Bonchev–Trinajstić information content (AvgIpc) is 3.26. The molecule has 0 aliphatic heterocycles. The fraction of sp³-hybridized carbons (Fsp3) is 0.345. The fourth-order valence-electron chi connectivity index (χ4n) is 5.03. The number of hydrogen-bond acceptors (Lipinski definition) is 6. The van der Waals surface area contributed by atoms with E-state index in [1.54, 1.807) is 36.6 Å². The van der Waals surface area contributed by atoms with Gasteiger partial charge in [-0.25, -0.2) is 17.9 Å². The lowest BCUT2D eigenvalue weighted by Gasteiger charge is -2.20. The first kappa shape index (κ1) is 28.3. The van der Waals surface area contributed by atoms with Gasteiger partial charge in [0.1, 0.15) is 10.6 Å². The van der Waals surface area contributed by atoms with Crippen LogP contribution in [0.4, 0.5) is 5.69 Å². The molecule has 0 atom stereocenters. The van der Waals surface area contributed by atoms with Gasteiger partial charge in [-0.3, -0.25) is 4.79 Å². The molecule has 39 heavy (non-hydrogen) atoms. The summed E-state index contributed by atoms with van der Waals surface area (Å²) < 4.78 is 35.5. The van der Waals surface area contributed by atoms with Crippen LogP contribution in [-0.4, -0.2) is 53.4 Å². The Labute approximate surface area is 229 Å². The zero-order valence-electron chi connectivity index (χ0n) is 23.7. The van der Waals surface area contributed by atoms with Crippen LogP contribution < -0.4 is 10.1 Å². The summed E-state index contributed by atoms with van der Waals surface area (Å²) in [5.74, 6) is -0.189. The van der Waals surface area contributed by atoms with E-state index in [4.69, 9.17) is 9.72 Å². The minimum Gasteiger partial charge on any atom is -0.495 e. The Balaban J connectivity index is 1.97. The van der Waals surface area contributed by atoms with E-state index in [9.17, 15) is 13.2 Å². The smallest absolute Gasteiger partial charge is 0.276 e. The molecule has 2 aromatic carbocycles. The van der Waals surface area contributed by atoms with Crippen LogP contribution in [0.2, 0.25) is 0 Å². The molecule has 1 N–H and O–H groups in total. The number of methoxy groups -OCH3 is 1. The largest absolute Gasteiger partial charge is 0.495 e. The fourth-order valence-corrected chi connectivity index (χ4v) is 6.67. The monoisotopic (exact) mass is 549 g/mol. The summed E-state index contributed by atoms with van der Waals surface area (Å²) in [5, 5.41) is 7.69. The van der Waals surface area contributed by atoms with Crippen LogP contribution in [0.3, 0.4) is 0 Å². The predicted molar refractivity (Wildman–Crippen MR) is 153 cm³/mol. The van der Waals surface area contributed by atoms with E-state index in [0.29, 0.717) is 35.6 Å². The van der Waals surface area contributed by atoms with E-state index in [1.807, 2.05) is 52.8 Å². The lowest BCUT2D eigenvalue weighted by atomic mass is 10.0. The molecule has 4 aromatic rings. The molecule has 0 bridgehead atoms. The Morgan fingerprint density at radius 1 is 1.00 bits per heavy atom. The summed E-state index contributed by atoms with van der Waals surface area (Å²) in [6.45, 7) is 13.9. The van der Waals surface area contributed by atoms with Crippen molar-refractivity contribution < 1.29 is 17.9 Å². The van der Waals surface area contributed by atoms with E-state index in [1.165, 1.54) is 11.4 Å².